The molecule has 1 aromatic carbocycles. The lowest BCUT2D eigenvalue weighted by atomic mass is 10.0. The van der Waals surface area contributed by atoms with Crippen LogP contribution in [0.1, 0.15) is 102 Å². The molecule has 0 saturated carbocycles. The lowest BCUT2D eigenvalue weighted by Gasteiger charge is -2.21. The van der Waals surface area contributed by atoms with Crippen molar-refractivity contribution in [1.29, 1.82) is 0 Å². The smallest absolute Gasteiger partial charge is 0.326 e. The molecule has 1 aromatic rings. The highest BCUT2D eigenvalue weighted by atomic mass is 16.4. The van der Waals surface area contributed by atoms with E-state index in [1.165, 1.54) is 51.4 Å². The predicted molar refractivity (Wildman–Crippen MR) is 166 cm³/mol. The van der Waals surface area contributed by atoms with Gasteiger partial charge in [0.25, 0.3) is 0 Å². The van der Waals surface area contributed by atoms with Gasteiger partial charge in [-0.1, -0.05) is 101 Å². The van der Waals surface area contributed by atoms with Crippen molar-refractivity contribution in [3.8, 4) is 0 Å². The van der Waals surface area contributed by atoms with Crippen molar-refractivity contribution >= 4 is 29.7 Å². The first-order chi connectivity index (χ1) is 20.2. The van der Waals surface area contributed by atoms with E-state index in [0.717, 1.165) is 24.8 Å². The van der Waals surface area contributed by atoms with Crippen LogP contribution in [0.2, 0.25) is 0 Å². The van der Waals surface area contributed by atoms with Crippen LogP contribution in [0.25, 0.3) is 0 Å². The minimum Gasteiger partial charge on any atom is -0.480 e. The number of amides is 3. The molecule has 2 atom stereocenters. The first-order valence-corrected chi connectivity index (χ1v) is 15.4. The Morgan fingerprint density at radius 3 is 1.95 bits per heavy atom. The van der Waals surface area contributed by atoms with Gasteiger partial charge in [0.15, 0.2) is 5.96 Å². The number of carbonyl (C=O) groups is 4. The van der Waals surface area contributed by atoms with E-state index < -0.39 is 29.9 Å². The number of hydrogen-bond acceptors (Lipinski definition) is 5. The second-order valence-corrected chi connectivity index (χ2v) is 10.7. The third-order valence-corrected chi connectivity index (χ3v) is 6.95. The van der Waals surface area contributed by atoms with E-state index in [1.54, 1.807) is 24.3 Å². The SMILES string of the molecule is CCCCCCCCCCCCCC(=O)NCC(=O)N[C@@H](CCCN=C(N)N)C(=O)N[C@@H](Cc1ccccc1)C(=O)O. The number of carboxylic acids is 1. The molecule has 0 unspecified atom stereocenters. The standard InChI is InChI=1S/C31H52N6O5/c1-2-3-4-5-6-7-8-9-10-11-15-20-27(38)35-23-28(39)36-25(19-16-21-34-31(32)33)29(40)37-26(30(41)42)22-24-17-13-12-14-18-24/h12-14,17-18,25-26H,2-11,15-16,19-23H2,1H3,(H,35,38)(H,36,39)(H,37,40)(H,41,42)(H4,32,33,34)/t25-,26-/m0/s1. The van der Waals surface area contributed by atoms with E-state index >= 15 is 0 Å². The van der Waals surface area contributed by atoms with Gasteiger partial charge in [0.05, 0.1) is 6.54 Å². The first kappa shape index (κ1) is 36.4. The Hall–Kier alpha value is -3.63. The molecule has 0 bridgehead atoms. The number of carboxylic acid groups (broad SMARTS) is 1. The van der Waals surface area contributed by atoms with Crippen molar-refractivity contribution in [2.24, 2.45) is 16.5 Å². The number of guanidine groups is 1. The number of rotatable bonds is 24. The highest BCUT2D eigenvalue weighted by molar-refractivity contribution is 5.92. The number of unbranched alkanes of at least 4 members (excludes halogenated alkanes) is 10. The molecule has 0 spiro atoms. The van der Waals surface area contributed by atoms with Crippen molar-refractivity contribution < 1.29 is 24.3 Å². The zero-order valence-corrected chi connectivity index (χ0v) is 25.2. The maximum Gasteiger partial charge on any atom is 0.326 e. The topological polar surface area (TPSA) is 189 Å². The summed E-state index contributed by atoms with van der Waals surface area (Å²) < 4.78 is 0. The molecule has 8 N–H and O–H groups in total. The molecule has 11 nitrogen and oxygen atoms in total. The molecule has 42 heavy (non-hydrogen) atoms. The lowest BCUT2D eigenvalue weighted by Crippen LogP contribution is -2.53. The van der Waals surface area contributed by atoms with Gasteiger partial charge in [-0.05, 0) is 24.8 Å². The largest absolute Gasteiger partial charge is 0.480 e. The second kappa shape index (κ2) is 23.0. The fourth-order valence-corrected chi connectivity index (χ4v) is 4.56. The van der Waals surface area contributed by atoms with Gasteiger partial charge in [-0.25, -0.2) is 4.79 Å². The van der Waals surface area contributed by atoms with Crippen molar-refractivity contribution in [2.75, 3.05) is 13.1 Å². The molecule has 0 aromatic heterocycles. The third-order valence-electron chi connectivity index (χ3n) is 6.95. The maximum absolute atomic E-state index is 13.0. The molecule has 236 valence electrons. The zero-order chi connectivity index (χ0) is 31.0. The molecule has 0 fully saturated rings. The number of hydrogen-bond donors (Lipinski definition) is 6. The van der Waals surface area contributed by atoms with Crippen LogP contribution >= 0.6 is 0 Å². The van der Waals surface area contributed by atoms with E-state index in [9.17, 15) is 24.3 Å². The number of nitrogens with two attached hydrogens (primary N) is 2. The summed E-state index contributed by atoms with van der Waals surface area (Å²) in [7, 11) is 0. The van der Waals surface area contributed by atoms with Crippen LogP contribution in [0.4, 0.5) is 0 Å². The van der Waals surface area contributed by atoms with Crippen LogP contribution in [0.5, 0.6) is 0 Å². The quantitative estimate of drug-likeness (QED) is 0.0607. The molecule has 0 aliphatic heterocycles. The summed E-state index contributed by atoms with van der Waals surface area (Å²) in [5.74, 6) is -2.67. The van der Waals surface area contributed by atoms with Crippen molar-refractivity contribution in [1.82, 2.24) is 16.0 Å². The van der Waals surface area contributed by atoms with Crippen LogP contribution in [-0.2, 0) is 25.6 Å². The Labute approximate surface area is 250 Å². The van der Waals surface area contributed by atoms with Gasteiger partial charge >= 0.3 is 5.97 Å². The molecule has 0 heterocycles. The molecular weight excluding hydrogens is 536 g/mol. The van der Waals surface area contributed by atoms with Crippen molar-refractivity contribution in [2.45, 2.75) is 115 Å². The summed E-state index contributed by atoms with van der Waals surface area (Å²) in [4.78, 5) is 53.5. The summed E-state index contributed by atoms with van der Waals surface area (Å²) >= 11 is 0. The van der Waals surface area contributed by atoms with Crippen LogP contribution in [0.15, 0.2) is 35.3 Å². The van der Waals surface area contributed by atoms with Gasteiger partial charge in [0.1, 0.15) is 12.1 Å². The number of aliphatic imine (C=N–C) groups is 1. The molecule has 0 aliphatic rings. The molecule has 11 heteroatoms. The second-order valence-electron chi connectivity index (χ2n) is 10.7. The van der Waals surface area contributed by atoms with Crippen molar-refractivity contribution in [3.63, 3.8) is 0 Å². The number of aliphatic carboxylic acids is 1. The maximum atomic E-state index is 13.0. The molecule has 0 aliphatic carbocycles. The number of carbonyl (C=O) groups excluding carboxylic acids is 3. The Kier molecular flexibility index (Phi) is 19.9. The van der Waals surface area contributed by atoms with E-state index in [-0.39, 0.29) is 37.8 Å². The van der Waals surface area contributed by atoms with Gasteiger partial charge in [-0.3, -0.25) is 19.4 Å². The van der Waals surface area contributed by atoms with Crippen molar-refractivity contribution in [3.05, 3.63) is 35.9 Å². The summed E-state index contributed by atoms with van der Waals surface area (Å²) in [5, 5.41) is 17.4. The molecule has 3 amide bonds. The lowest BCUT2D eigenvalue weighted by molar-refractivity contribution is -0.142. The van der Waals surface area contributed by atoms with E-state index in [4.69, 9.17) is 11.5 Å². The fraction of sp³-hybridized carbons (Fsp3) is 0.645. The Morgan fingerprint density at radius 1 is 0.786 bits per heavy atom. The van der Waals surface area contributed by atoms with Gasteiger partial charge < -0.3 is 32.5 Å². The summed E-state index contributed by atoms with van der Waals surface area (Å²) in [6.07, 6.45) is 14.0. The molecular formula is C31H52N6O5. The Morgan fingerprint density at radius 2 is 1.38 bits per heavy atom. The van der Waals surface area contributed by atoms with Crippen LogP contribution in [-0.4, -0.2) is 59.9 Å². The highest BCUT2D eigenvalue weighted by Gasteiger charge is 2.26. The summed E-state index contributed by atoms with van der Waals surface area (Å²) in [5.41, 5.74) is 11.5. The Bertz CT molecular complexity index is 952. The van der Waals surface area contributed by atoms with Crippen LogP contribution in [0, 0.1) is 0 Å². The highest BCUT2D eigenvalue weighted by Crippen LogP contribution is 2.12. The number of nitrogens with zero attached hydrogens (tertiary/aromatic N) is 1. The summed E-state index contributed by atoms with van der Waals surface area (Å²) in [6.45, 7) is 2.19. The molecule has 1 rings (SSSR count). The van der Waals surface area contributed by atoms with Gasteiger partial charge in [-0.15, -0.1) is 0 Å². The normalized spacial score (nSPS) is 12.1. The van der Waals surface area contributed by atoms with E-state index in [0.29, 0.717) is 12.8 Å². The minimum absolute atomic E-state index is 0.0886. The van der Waals surface area contributed by atoms with Gasteiger partial charge in [0, 0.05) is 19.4 Å². The number of benzene rings is 1. The fourth-order valence-electron chi connectivity index (χ4n) is 4.56. The molecule has 0 saturated heterocycles. The first-order valence-electron chi connectivity index (χ1n) is 15.4. The number of nitrogens with one attached hydrogen (secondary N) is 3. The van der Waals surface area contributed by atoms with Gasteiger partial charge in [0.2, 0.25) is 17.7 Å². The van der Waals surface area contributed by atoms with E-state index in [2.05, 4.69) is 27.9 Å². The third kappa shape index (κ3) is 18.7. The van der Waals surface area contributed by atoms with Crippen LogP contribution < -0.4 is 27.4 Å². The van der Waals surface area contributed by atoms with Gasteiger partial charge in [-0.2, -0.15) is 0 Å². The van der Waals surface area contributed by atoms with Crippen LogP contribution in [0.3, 0.4) is 0 Å². The Balaban J connectivity index is 2.46. The minimum atomic E-state index is -1.19. The monoisotopic (exact) mass is 588 g/mol. The molecule has 0 radical (unpaired) electrons. The summed E-state index contributed by atoms with van der Waals surface area (Å²) in [6, 6.07) is 6.74. The van der Waals surface area contributed by atoms with E-state index in [1.807, 2.05) is 6.07 Å². The average molecular weight is 589 g/mol. The predicted octanol–water partition coefficient (Wildman–Crippen LogP) is 3.15. The average Bonchev–Trinajstić information content (AvgIpc) is 2.96. The zero-order valence-electron chi connectivity index (χ0n) is 25.2.